The summed E-state index contributed by atoms with van der Waals surface area (Å²) >= 11 is 1.34. The highest BCUT2D eigenvalue weighted by molar-refractivity contribution is 7.98. The van der Waals surface area contributed by atoms with Crippen LogP contribution in [0.25, 0.3) is 11.2 Å². The summed E-state index contributed by atoms with van der Waals surface area (Å²) in [6, 6.07) is 4.96. The molecule has 4 N–H and O–H groups in total. The van der Waals surface area contributed by atoms with Crippen LogP contribution in [0.2, 0.25) is 0 Å². The average molecular weight is 487 g/mol. The third-order valence-corrected chi connectivity index (χ3v) is 5.58. The van der Waals surface area contributed by atoms with Gasteiger partial charge in [-0.1, -0.05) is 11.8 Å². The van der Waals surface area contributed by atoms with Gasteiger partial charge in [-0.15, -0.1) is 0 Å². The van der Waals surface area contributed by atoms with E-state index < -0.39 is 23.9 Å². The summed E-state index contributed by atoms with van der Waals surface area (Å²) in [7, 11) is 1.62. The maximum Gasteiger partial charge on any atom is 0.326 e. The van der Waals surface area contributed by atoms with Crippen LogP contribution in [0.4, 0.5) is 5.69 Å². The molecule has 178 valence electrons. The average Bonchev–Trinajstić information content (AvgIpc) is 2.82. The smallest absolute Gasteiger partial charge is 0.326 e. The van der Waals surface area contributed by atoms with Gasteiger partial charge in [0.05, 0.1) is 18.4 Å². The first-order valence-corrected chi connectivity index (χ1v) is 11.3. The number of anilines is 1. The zero-order valence-corrected chi connectivity index (χ0v) is 19.1. The van der Waals surface area contributed by atoms with E-state index in [2.05, 4.69) is 25.6 Å². The van der Waals surface area contributed by atoms with E-state index in [0.717, 1.165) is 0 Å². The van der Waals surface area contributed by atoms with Crippen molar-refractivity contribution in [2.45, 2.75) is 30.6 Å². The van der Waals surface area contributed by atoms with Crippen molar-refractivity contribution in [3.63, 3.8) is 0 Å². The highest BCUT2D eigenvalue weighted by Crippen LogP contribution is 2.14. The third kappa shape index (κ3) is 5.86. The number of rotatable bonds is 10. The fourth-order valence-electron chi connectivity index (χ4n) is 3.02. The van der Waals surface area contributed by atoms with Crippen molar-refractivity contribution >= 4 is 46.5 Å². The van der Waals surface area contributed by atoms with Crippen molar-refractivity contribution in [1.82, 2.24) is 24.8 Å². The minimum Gasteiger partial charge on any atom is -0.481 e. The lowest BCUT2D eigenvalue weighted by Crippen LogP contribution is -2.41. The first-order chi connectivity index (χ1) is 16.2. The second-order valence-electron chi connectivity index (χ2n) is 7.22. The Morgan fingerprint density at radius 3 is 2.47 bits per heavy atom. The second kappa shape index (κ2) is 10.7. The number of aromatic nitrogens is 4. The number of thioether (sulfide) groups is 1. The molecule has 3 rings (SSSR count). The van der Waals surface area contributed by atoms with Gasteiger partial charge in [0.2, 0.25) is 0 Å². The number of benzene rings is 1. The molecule has 2 heterocycles. The summed E-state index contributed by atoms with van der Waals surface area (Å²) in [5.74, 6) is -3.08. The minimum atomic E-state index is -1.31. The van der Waals surface area contributed by atoms with Crippen molar-refractivity contribution in [1.29, 1.82) is 0 Å². The molecule has 0 saturated heterocycles. The number of amides is 1. The third-order valence-electron chi connectivity index (χ3n) is 4.85. The van der Waals surface area contributed by atoms with E-state index in [9.17, 15) is 24.3 Å². The van der Waals surface area contributed by atoms with E-state index in [-0.39, 0.29) is 41.7 Å². The molecular weight excluding hydrogens is 464 g/mol. The van der Waals surface area contributed by atoms with Gasteiger partial charge < -0.3 is 20.8 Å². The Bertz CT molecular complexity index is 1290. The van der Waals surface area contributed by atoms with Gasteiger partial charge in [0.15, 0.2) is 16.3 Å². The zero-order chi connectivity index (χ0) is 24.8. The number of carboxylic acid groups (broad SMARTS) is 2. The molecule has 0 saturated carbocycles. The van der Waals surface area contributed by atoms with Crippen LogP contribution in [0.5, 0.6) is 0 Å². The van der Waals surface area contributed by atoms with E-state index >= 15 is 0 Å². The highest BCUT2D eigenvalue weighted by atomic mass is 32.2. The number of aliphatic carboxylic acids is 2. The van der Waals surface area contributed by atoms with Gasteiger partial charge in [-0.25, -0.2) is 19.7 Å². The summed E-state index contributed by atoms with van der Waals surface area (Å²) in [5, 5.41) is 23.9. The molecule has 0 bridgehead atoms. The predicted octanol–water partition coefficient (Wildman–Crippen LogP) is 1.11. The summed E-state index contributed by atoms with van der Waals surface area (Å²) in [6.07, 6.45) is 2.74. The number of hydrogen-bond donors (Lipinski definition) is 4. The molecular formula is C21H22N6O6S. The maximum absolute atomic E-state index is 12.5. The molecule has 0 spiro atoms. The van der Waals surface area contributed by atoms with Crippen LogP contribution in [0, 0.1) is 0 Å². The second-order valence-corrected chi connectivity index (χ2v) is 8.00. The first kappa shape index (κ1) is 24.6. The molecule has 0 aliphatic carbocycles. The Morgan fingerprint density at radius 1 is 1.15 bits per heavy atom. The molecule has 12 nitrogen and oxygen atoms in total. The molecule has 1 atom stereocenters. The van der Waals surface area contributed by atoms with Crippen LogP contribution in [-0.2, 0) is 23.2 Å². The monoisotopic (exact) mass is 486 g/mol. The fourth-order valence-corrected chi connectivity index (χ4v) is 3.56. The predicted molar refractivity (Wildman–Crippen MR) is 124 cm³/mol. The van der Waals surface area contributed by atoms with Crippen molar-refractivity contribution in [3.8, 4) is 0 Å². The van der Waals surface area contributed by atoms with Crippen LogP contribution in [0.15, 0.2) is 40.4 Å². The number of hydrogen-bond acceptors (Lipinski definition) is 9. The zero-order valence-electron chi connectivity index (χ0n) is 18.3. The number of nitrogens with one attached hydrogen (secondary N) is 2. The number of nitrogens with zero attached hydrogens (tertiary/aromatic N) is 4. The van der Waals surface area contributed by atoms with E-state index in [0.29, 0.717) is 16.5 Å². The molecule has 1 amide bonds. The standard InChI is InChI=1S/C21H22N6O6S/c1-27-19(31)16-17(26-21(27)34-2)23-10-13(24-16)9-22-12-5-3-11(4-6-12)18(30)25-14(20(32)33)7-8-15(28)29/h3-6,10,14,22H,7-9H2,1-2H3,(H,25,30)(H,28,29)(H,32,33). The van der Waals surface area contributed by atoms with E-state index in [4.69, 9.17) is 5.11 Å². The number of fused-ring (bicyclic) bond motifs is 1. The summed E-state index contributed by atoms with van der Waals surface area (Å²) in [6.45, 7) is 0.262. The van der Waals surface area contributed by atoms with Gasteiger partial charge in [-0.2, -0.15) is 0 Å². The van der Waals surface area contributed by atoms with Crippen molar-refractivity contribution in [2.75, 3.05) is 11.6 Å². The van der Waals surface area contributed by atoms with Gasteiger partial charge in [-0.3, -0.25) is 19.0 Å². The Balaban J connectivity index is 1.65. The highest BCUT2D eigenvalue weighted by Gasteiger charge is 2.21. The molecule has 0 aliphatic rings. The van der Waals surface area contributed by atoms with Crippen molar-refractivity contribution in [2.24, 2.45) is 7.05 Å². The van der Waals surface area contributed by atoms with Crippen molar-refractivity contribution in [3.05, 3.63) is 52.1 Å². The van der Waals surface area contributed by atoms with Crippen LogP contribution < -0.4 is 16.2 Å². The molecule has 1 unspecified atom stereocenters. The molecule has 0 fully saturated rings. The van der Waals surface area contributed by atoms with Gasteiger partial charge >= 0.3 is 11.9 Å². The molecule has 34 heavy (non-hydrogen) atoms. The maximum atomic E-state index is 12.5. The van der Waals surface area contributed by atoms with Crippen LogP contribution in [0.1, 0.15) is 28.9 Å². The lowest BCUT2D eigenvalue weighted by Gasteiger charge is -2.14. The summed E-state index contributed by atoms with van der Waals surface area (Å²) in [4.78, 5) is 59.7. The fraction of sp³-hybridized carbons (Fsp3) is 0.286. The van der Waals surface area contributed by atoms with Gasteiger partial charge in [0, 0.05) is 24.7 Å². The SMILES string of the molecule is CSc1nc2ncc(CNc3ccc(C(=O)NC(CCC(=O)O)C(=O)O)cc3)nc2c(=O)n1C. The number of carbonyl (C=O) groups is 3. The van der Waals surface area contributed by atoms with Crippen LogP contribution in [0.3, 0.4) is 0 Å². The van der Waals surface area contributed by atoms with Gasteiger partial charge in [-0.05, 0) is 36.9 Å². The van der Waals surface area contributed by atoms with Gasteiger partial charge in [0.1, 0.15) is 6.04 Å². The van der Waals surface area contributed by atoms with Gasteiger partial charge in [0.25, 0.3) is 11.5 Å². The summed E-state index contributed by atoms with van der Waals surface area (Å²) in [5.41, 5.74) is 1.55. The largest absolute Gasteiger partial charge is 0.481 e. The Kier molecular flexibility index (Phi) is 7.79. The first-order valence-electron chi connectivity index (χ1n) is 10.1. The van der Waals surface area contributed by atoms with E-state index in [1.807, 2.05) is 6.26 Å². The molecule has 0 aliphatic heterocycles. The normalized spacial score (nSPS) is 11.7. The van der Waals surface area contributed by atoms with Crippen molar-refractivity contribution < 1.29 is 24.6 Å². The minimum absolute atomic E-state index is 0.169. The van der Waals surface area contributed by atoms with Crippen LogP contribution >= 0.6 is 11.8 Å². The van der Waals surface area contributed by atoms with E-state index in [1.54, 1.807) is 19.2 Å². The molecule has 13 heteroatoms. The Morgan fingerprint density at radius 2 is 1.85 bits per heavy atom. The molecule has 3 aromatic rings. The number of carbonyl (C=O) groups excluding carboxylic acids is 1. The number of carboxylic acids is 2. The topological polar surface area (TPSA) is 176 Å². The Labute approximate surface area is 197 Å². The molecule has 1 aromatic carbocycles. The lowest BCUT2D eigenvalue weighted by molar-refractivity contribution is -0.140. The quantitative estimate of drug-likeness (QED) is 0.238. The van der Waals surface area contributed by atoms with Crippen LogP contribution in [-0.4, -0.2) is 59.9 Å². The molecule has 2 aromatic heterocycles. The lowest BCUT2D eigenvalue weighted by atomic mass is 10.1. The molecule has 0 radical (unpaired) electrons. The summed E-state index contributed by atoms with van der Waals surface area (Å²) < 4.78 is 1.42. The Hall–Kier alpha value is -4.00. The van der Waals surface area contributed by atoms with E-state index in [1.165, 1.54) is 34.7 Å².